The van der Waals surface area contributed by atoms with E-state index in [1.807, 2.05) is 0 Å². The molecule has 0 atom stereocenters. The minimum absolute atomic E-state index is 0.339. The monoisotopic (exact) mass is 302 g/mol. The smallest absolute Gasteiger partial charge is 0.336 e. The molecule has 2 aromatic rings. The Bertz CT molecular complexity index is 685. The summed E-state index contributed by atoms with van der Waals surface area (Å²) in [6, 6.07) is 6.40. The molecule has 0 amide bonds. The van der Waals surface area contributed by atoms with Gasteiger partial charge in [0, 0.05) is 23.1 Å². The summed E-state index contributed by atoms with van der Waals surface area (Å²) in [6.07, 6.45) is 5.28. The molecule has 0 aliphatic heterocycles. The number of carbonyl (C=O) groups excluding carboxylic acids is 1. The first-order valence-electron chi connectivity index (χ1n) is 7.76. The highest BCUT2D eigenvalue weighted by Gasteiger charge is 2.06. The van der Waals surface area contributed by atoms with Crippen molar-refractivity contribution >= 4 is 17.3 Å². The zero-order chi connectivity index (χ0) is 15.9. The third kappa shape index (κ3) is 4.45. The first-order valence-corrected chi connectivity index (χ1v) is 7.76. The van der Waals surface area contributed by atoms with Gasteiger partial charge in [0.25, 0.3) is 0 Å². The number of aldehydes is 1. The van der Waals surface area contributed by atoms with Crippen LogP contribution in [-0.2, 0) is 0 Å². The van der Waals surface area contributed by atoms with Crippen LogP contribution in [0.5, 0.6) is 5.75 Å². The molecule has 2 rings (SSSR count). The Hall–Kier alpha value is -2.10. The summed E-state index contributed by atoms with van der Waals surface area (Å²) < 4.78 is 10.8. The Labute approximate surface area is 130 Å². The summed E-state index contributed by atoms with van der Waals surface area (Å²) in [5.41, 5.74) is 0.193. The molecule has 0 N–H and O–H groups in total. The number of unbranched alkanes of at least 4 members (excludes halogenated alkanes) is 2. The third-order valence-corrected chi connectivity index (χ3v) is 3.57. The molecule has 0 spiro atoms. The van der Waals surface area contributed by atoms with Gasteiger partial charge in [0.2, 0.25) is 0 Å². The van der Waals surface area contributed by atoms with Crippen molar-refractivity contribution in [1.29, 1.82) is 0 Å². The Morgan fingerprint density at radius 2 is 2.00 bits per heavy atom. The highest BCUT2D eigenvalue weighted by atomic mass is 16.5. The van der Waals surface area contributed by atoms with Gasteiger partial charge in [0.05, 0.1) is 6.61 Å². The molecule has 0 saturated heterocycles. The molecular formula is C18H22O4. The van der Waals surface area contributed by atoms with Gasteiger partial charge in [-0.2, -0.15) is 0 Å². The minimum atomic E-state index is -0.527. The Kier molecular flexibility index (Phi) is 5.75. The summed E-state index contributed by atoms with van der Waals surface area (Å²) in [5, 5.41) is 0.624. The van der Waals surface area contributed by atoms with Gasteiger partial charge in [-0.1, -0.05) is 33.1 Å². The maximum absolute atomic E-state index is 11.4. The number of benzene rings is 1. The molecule has 0 bridgehead atoms. The molecule has 4 nitrogen and oxygen atoms in total. The molecule has 0 fully saturated rings. The molecule has 1 aromatic heterocycles. The van der Waals surface area contributed by atoms with E-state index < -0.39 is 5.63 Å². The van der Waals surface area contributed by atoms with E-state index in [1.54, 1.807) is 18.2 Å². The Morgan fingerprint density at radius 3 is 2.73 bits per heavy atom. The molecule has 0 radical (unpaired) electrons. The second kappa shape index (κ2) is 7.78. The van der Waals surface area contributed by atoms with Crippen LogP contribution in [0.1, 0.15) is 49.9 Å². The standard InChI is InChI=1S/C18H22O4/c1-13(2)6-4-3-5-9-21-15-7-8-16-14(12-19)10-18(20)22-17(16)11-15/h7-8,10-13H,3-6,9H2,1-2H3. The molecule has 0 unspecified atom stereocenters. The van der Waals surface area contributed by atoms with Gasteiger partial charge in [-0.25, -0.2) is 4.79 Å². The number of hydrogen-bond acceptors (Lipinski definition) is 4. The van der Waals surface area contributed by atoms with Crippen LogP contribution < -0.4 is 10.4 Å². The zero-order valence-electron chi connectivity index (χ0n) is 13.1. The van der Waals surface area contributed by atoms with Crippen molar-refractivity contribution in [3.63, 3.8) is 0 Å². The molecule has 4 heteroatoms. The van der Waals surface area contributed by atoms with Crippen LogP contribution in [-0.4, -0.2) is 12.9 Å². The SMILES string of the molecule is CC(C)CCCCCOc1ccc2c(C=O)cc(=O)oc2c1. The molecule has 1 aromatic carbocycles. The normalized spacial score (nSPS) is 11.0. The lowest BCUT2D eigenvalue weighted by Crippen LogP contribution is -2.01. The van der Waals surface area contributed by atoms with Crippen molar-refractivity contribution in [3.8, 4) is 5.75 Å². The maximum atomic E-state index is 11.4. The molecule has 1 heterocycles. The van der Waals surface area contributed by atoms with Crippen molar-refractivity contribution < 1.29 is 13.9 Å². The van der Waals surface area contributed by atoms with Crippen LogP contribution in [0.2, 0.25) is 0 Å². The number of fused-ring (bicyclic) bond motifs is 1. The minimum Gasteiger partial charge on any atom is -0.493 e. The largest absolute Gasteiger partial charge is 0.493 e. The van der Waals surface area contributed by atoms with Gasteiger partial charge >= 0.3 is 5.63 Å². The maximum Gasteiger partial charge on any atom is 0.336 e. The van der Waals surface area contributed by atoms with E-state index in [0.717, 1.165) is 18.8 Å². The molecule has 0 aliphatic rings. The predicted octanol–water partition coefficient (Wildman–Crippen LogP) is 4.20. The predicted molar refractivity (Wildman–Crippen MR) is 86.7 cm³/mol. The zero-order valence-corrected chi connectivity index (χ0v) is 13.1. The van der Waals surface area contributed by atoms with Crippen LogP contribution in [0.25, 0.3) is 11.0 Å². The topological polar surface area (TPSA) is 56.5 Å². The molecular weight excluding hydrogens is 280 g/mol. The van der Waals surface area contributed by atoms with Crippen LogP contribution in [0, 0.1) is 5.92 Å². The van der Waals surface area contributed by atoms with E-state index in [1.165, 1.54) is 18.9 Å². The van der Waals surface area contributed by atoms with Crippen LogP contribution >= 0.6 is 0 Å². The van der Waals surface area contributed by atoms with Crippen LogP contribution in [0.4, 0.5) is 0 Å². The fraction of sp³-hybridized carbons (Fsp3) is 0.444. The lowest BCUT2D eigenvalue weighted by Gasteiger charge is -2.08. The van der Waals surface area contributed by atoms with Gasteiger partial charge in [-0.05, 0) is 24.5 Å². The second-order valence-electron chi connectivity index (χ2n) is 5.89. The molecule has 22 heavy (non-hydrogen) atoms. The highest BCUT2D eigenvalue weighted by Crippen LogP contribution is 2.22. The second-order valence-corrected chi connectivity index (χ2v) is 5.89. The molecule has 0 aliphatic carbocycles. The highest BCUT2D eigenvalue weighted by molar-refractivity contribution is 5.95. The van der Waals surface area contributed by atoms with Gasteiger partial charge in [-0.15, -0.1) is 0 Å². The number of hydrogen-bond donors (Lipinski definition) is 0. The van der Waals surface area contributed by atoms with Gasteiger partial charge in [0.1, 0.15) is 11.3 Å². The van der Waals surface area contributed by atoms with Gasteiger partial charge in [-0.3, -0.25) is 4.79 Å². The fourth-order valence-electron chi connectivity index (χ4n) is 2.38. The van der Waals surface area contributed by atoms with Crippen LogP contribution in [0.3, 0.4) is 0 Å². The number of rotatable bonds is 8. The Morgan fingerprint density at radius 1 is 1.18 bits per heavy atom. The summed E-state index contributed by atoms with van der Waals surface area (Å²) in [6.45, 7) is 5.10. The number of ether oxygens (including phenoxy) is 1. The van der Waals surface area contributed by atoms with Crippen molar-refractivity contribution in [3.05, 3.63) is 40.2 Å². The fourth-order valence-corrected chi connectivity index (χ4v) is 2.38. The van der Waals surface area contributed by atoms with Crippen molar-refractivity contribution in [2.45, 2.75) is 39.5 Å². The average molecular weight is 302 g/mol. The van der Waals surface area contributed by atoms with Gasteiger partial charge < -0.3 is 9.15 Å². The summed E-state index contributed by atoms with van der Waals surface area (Å²) in [7, 11) is 0. The Balaban J connectivity index is 1.95. The quantitative estimate of drug-likeness (QED) is 0.416. The van der Waals surface area contributed by atoms with Crippen LogP contribution in [0.15, 0.2) is 33.5 Å². The summed E-state index contributed by atoms with van der Waals surface area (Å²) in [4.78, 5) is 22.4. The van der Waals surface area contributed by atoms with Crippen molar-refractivity contribution in [2.24, 2.45) is 5.92 Å². The number of carbonyl (C=O) groups is 1. The lowest BCUT2D eigenvalue weighted by atomic mass is 10.1. The van der Waals surface area contributed by atoms with Crippen molar-refractivity contribution in [2.75, 3.05) is 6.61 Å². The van der Waals surface area contributed by atoms with E-state index in [0.29, 0.717) is 35.2 Å². The van der Waals surface area contributed by atoms with Gasteiger partial charge in [0.15, 0.2) is 6.29 Å². The van der Waals surface area contributed by atoms with Crippen molar-refractivity contribution in [1.82, 2.24) is 0 Å². The van der Waals surface area contributed by atoms with E-state index in [-0.39, 0.29) is 0 Å². The van der Waals surface area contributed by atoms with E-state index >= 15 is 0 Å². The lowest BCUT2D eigenvalue weighted by molar-refractivity contribution is 0.112. The third-order valence-electron chi connectivity index (χ3n) is 3.57. The molecule has 0 saturated carbocycles. The first kappa shape index (κ1) is 16.3. The average Bonchev–Trinajstić information content (AvgIpc) is 2.49. The van der Waals surface area contributed by atoms with E-state index in [9.17, 15) is 9.59 Å². The summed E-state index contributed by atoms with van der Waals surface area (Å²) in [5.74, 6) is 1.40. The summed E-state index contributed by atoms with van der Waals surface area (Å²) >= 11 is 0. The first-order chi connectivity index (χ1) is 10.6. The van der Waals surface area contributed by atoms with E-state index in [4.69, 9.17) is 9.15 Å². The van der Waals surface area contributed by atoms with E-state index in [2.05, 4.69) is 13.8 Å². The molecule has 118 valence electrons.